The number of nitrogens with zero attached hydrogens (tertiary/aromatic N) is 3. The lowest BCUT2D eigenvalue weighted by Crippen LogP contribution is -2.11. The molecular weight excluding hydrogens is 366 g/mol. The number of carbonyl (C=O) groups excluding carboxylic acids is 1. The van der Waals surface area contributed by atoms with Crippen molar-refractivity contribution in [1.29, 1.82) is 0 Å². The highest BCUT2D eigenvalue weighted by molar-refractivity contribution is 9.10. The van der Waals surface area contributed by atoms with E-state index in [2.05, 4.69) is 46.8 Å². The van der Waals surface area contributed by atoms with E-state index in [1.165, 1.54) is 11.3 Å². The summed E-state index contributed by atoms with van der Waals surface area (Å²) in [6.45, 7) is 6.33. The van der Waals surface area contributed by atoms with Crippen molar-refractivity contribution in [2.75, 3.05) is 0 Å². The van der Waals surface area contributed by atoms with Crippen molar-refractivity contribution < 1.29 is 9.53 Å². The van der Waals surface area contributed by atoms with E-state index in [1.807, 2.05) is 6.20 Å². The van der Waals surface area contributed by atoms with Gasteiger partial charge in [-0.05, 0) is 29.5 Å². The van der Waals surface area contributed by atoms with Crippen LogP contribution < -0.4 is 4.74 Å². The number of rotatable bonds is 3. The Kier molecular flexibility index (Phi) is 3.78. The zero-order valence-electron chi connectivity index (χ0n) is 12.3. The zero-order valence-corrected chi connectivity index (χ0v) is 14.7. The Hall–Kier alpha value is -1.73. The van der Waals surface area contributed by atoms with Gasteiger partial charge in [0.05, 0.1) is 11.9 Å². The van der Waals surface area contributed by atoms with Gasteiger partial charge in [0, 0.05) is 15.5 Å². The third kappa shape index (κ3) is 2.91. The van der Waals surface area contributed by atoms with Crippen LogP contribution in [0.4, 0.5) is 0 Å². The Labute approximate surface area is 140 Å². The molecule has 1 aromatic carbocycles. The molecule has 5 nitrogen and oxygen atoms in total. The lowest BCUT2D eigenvalue weighted by Gasteiger charge is -2.13. The standard InChI is InChI=1S/C15H14BrN3O2S/c1-15(2,3)12-7-19-13(17-12)22-14(18-19)21-10-4-5-11(16)9(6-10)8-20/h4-8H,1-3H3. The molecule has 2 heterocycles. The van der Waals surface area contributed by atoms with Gasteiger partial charge in [-0.2, -0.15) is 0 Å². The smallest absolute Gasteiger partial charge is 0.299 e. The summed E-state index contributed by atoms with van der Waals surface area (Å²) in [5.74, 6) is 0.568. The first-order chi connectivity index (χ1) is 10.4. The summed E-state index contributed by atoms with van der Waals surface area (Å²) >= 11 is 4.68. The van der Waals surface area contributed by atoms with E-state index in [0.29, 0.717) is 16.5 Å². The van der Waals surface area contributed by atoms with Crippen LogP contribution >= 0.6 is 27.3 Å². The summed E-state index contributed by atoms with van der Waals surface area (Å²) in [5, 5.41) is 4.86. The molecule has 114 valence electrons. The maximum absolute atomic E-state index is 11.0. The van der Waals surface area contributed by atoms with E-state index in [0.717, 1.165) is 21.4 Å². The quantitative estimate of drug-likeness (QED) is 0.630. The summed E-state index contributed by atoms with van der Waals surface area (Å²) in [4.78, 5) is 16.3. The summed E-state index contributed by atoms with van der Waals surface area (Å²) < 4.78 is 8.17. The molecule has 0 atom stereocenters. The Balaban J connectivity index is 1.88. The highest BCUT2D eigenvalue weighted by Gasteiger charge is 2.19. The van der Waals surface area contributed by atoms with Crippen molar-refractivity contribution in [2.45, 2.75) is 26.2 Å². The number of hydrogen-bond donors (Lipinski definition) is 0. The zero-order chi connectivity index (χ0) is 15.9. The number of benzene rings is 1. The van der Waals surface area contributed by atoms with Crippen LogP contribution in [0, 0.1) is 0 Å². The summed E-state index contributed by atoms with van der Waals surface area (Å²) in [6, 6.07) is 5.22. The number of hydrogen-bond acceptors (Lipinski definition) is 5. The molecule has 0 bridgehead atoms. The Bertz CT molecular complexity index is 817. The predicted octanol–water partition coefficient (Wildman–Crippen LogP) is 4.46. The van der Waals surface area contributed by atoms with Gasteiger partial charge in [-0.25, -0.2) is 9.50 Å². The lowest BCUT2D eigenvalue weighted by atomic mass is 9.93. The highest BCUT2D eigenvalue weighted by atomic mass is 79.9. The Morgan fingerprint density at radius 3 is 2.77 bits per heavy atom. The monoisotopic (exact) mass is 379 g/mol. The van der Waals surface area contributed by atoms with Gasteiger partial charge in [-0.1, -0.05) is 36.7 Å². The summed E-state index contributed by atoms with van der Waals surface area (Å²) in [6.07, 6.45) is 2.69. The minimum absolute atomic E-state index is 0.0149. The molecule has 0 aliphatic heterocycles. The molecule has 0 saturated carbocycles. The molecule has 3 rings (SSSR count). The first-order valence-corrected chi connectivity index (χ1v) is 8.27. The molecule has 0 spiro atoms. The van der Waals surface area contributed by atoms with Gasteiger partial charge in [0.1, 0.15) is 5.75 Å². The van der Waals surface area contributed by atoms with Crippen molar-refractivity contribution in [1.82, 2.24) is 14.6 Å². The van der Waals surface area contributed by atoms with Gasteiger partial charge in [0.25, 0.3) is 5.19 Å². The van der Waals surface area contributed by atoms with Crippen LogP contribution in [0.15, 0.2) is 28.9 Å². The highest BCUT2D eigenvalue weighted by Crippen LogP contribution is 2.30. The molecule has 0 N–H and O–H groups in total. The van der Waals surface area contributed by atoms with E-state index >= 15 is 0 Å². The van der Waals surface area contributed by atoms with Gasteiger partial charge in [0.15, 0.2) is 6.29 Å². The lowest BCUT2D eigenvalue weighted by molar-refractivity contribution is 0.112. The normalized spacial score (nSPS) is 11.8. The molecule has 0 amide bonds. The fourth-order valence-electron chi connectivity index (χ4n) is 1.86. The molecule has 7 heteroatoms. The van der Waals surface area contributed by atoms with E-state index in [9.17, 15) is 4.79 Å². The van der Waals surface area contributed by atoms with Crippen LogP contribution in [0.3, 0.4) is 0 Å². The van der Waals surface area contributed by atoms with Crippen LogP contribution in [0.2, 0.25) is 0 Å². The van der Waals surface area contributed by atoms with Crippen LogP contribution in [0.25, 0.3) is 4.96 Å². The predicted molar refractivity (Wildman–Crippen MR) is 89.2 cm³/mol. The molecule has 0 radical (unpaired) electrons. The average Bonchev–Trinajstić information content (AvgIpc) is 2.98. The van der Waals surface area contributed by atoms with Gasteiger partial charge in [-0.3, -0.25) is 4.79 Å². The number of carbonyl (C=O) groups is 1. The fraction of sp³-hybridized carbons (Fsp3) is 0.267. The molecule has 3 aromatic rings. The van der Waals surface area contributed by atoms with Crippen molar-refractivity contribution >= 4 is 38.5 Å². The molecule has 0 saturated heterocycles. The van der Waals surface area contributed by atoms with E-state index in [4.69, 9.17) is 4.74 Å². The van der Waals surface area contributed by atoms with Crippen molar-refractivity contribution in [3.8, 4) is 10.9 Å². The maximum Gasteiger partial charge on any atom is 0.299 e. The topological polar surface area (TPSA) is 56.5 Å². The largest absolute Gasteiger partial charge is 0.430 e. The van der Waals surface area contributed by atoms with Crippen LogP contribution in [-0.4, -0.2) is 20.9 Å². The van der Waals surface area contributed by atoms with E-state index in [-0.39, 0.29) is 5.41 Å². The maximum atomic E-state index is 11.0. The minimum Gasteiger partial charge on any atom is -0.430 e. The molecule has 22 heavy (non-hydrogen) atoms. The number of aromatic nitrogens is 3. The van der Waals surface area contributed by atoms with Crippen molar-refractivity contribution in [2.24, 2.45) is 0 Å². The van der Waals surface area contributed by atoms with Crippen LogP contribution in [-0.2, 0) is 5.41 Å². The second-order valence-electron chi connectivity index (χ2n) is 5.87. The van der Waals surface area contributed by atoms with Crippen molar-refractivity contribution in [3.05, 3.63) is 40.1 Å². The number of imidazole rings is 1. The van der Waals surface area contributed by atoms with Crippen molar-refractivity contribution in [3.63, 3.8) is 0 Å². The Morgan fingerprint density at radius 1 is 1.36 bits per heavy atom. The van der Waals surface area contributed by atoms with Gasteiger partial charge >= 0.3 is 0 Å². The molecule has 0 unspecified atom stereocenters. The second kappa shape index (κ2) is 5.48. The van der Waals surface area contributed by atoms with Gasteiger partial charge in [0.2, 0.25) is 4.96 Å². The average molecular weight is 380 g/mol. The molecule has 0 aliphatic carbocycles. The number of fused-ring (bicyclic) bond motifs is 1. The first-order valence-electron chi connectivity index (χ1n) is 6.66. The number of ether oxygens (including phenoxy) is 1. The number of halogens is 1. The van der Waals surface area contributed by atoms with Gasteiger partial charge in [-0.15, -0.1) is 5.10 Å². The summed E-state index contributed by atoms with van der Waals surface area (Å²) in [7, 11) is 0. The van der Waals surface area contributed by atoms with Gasteiger partial charge < -0.3 is 4.74 Å². The fourth-order valence-corrected chi connectivity index (χ4v) is 2.95. The van der Waals surface area contributed by atoms with E-state index in [1.54, 1.807) is 22.7 Å². The second-order valence-corrected chi connectivity index (χ2v) is 7.65. The molecule has 0 aliphatic rings. The SMILES string of the molecule is CC(C)(C)c1cn2nc(Oc3ccc(Br)c(C=O)c3)sc2n1. The third-order valence-corrected chi connectivity index (χ3v) is 4.62. The molecule has 0 fully saturated rings. The minimum atomic E-state index is -0.0149. The van der Waals surface area contributed by atoms with E-state index < -0.39 is 0 Å². The Morgan fingerprint density at radius 2 is 2.14 bits per heavy atom. The third-order valence-electron chi connectivity index (χ3n) is 3.09. The first kappa shape index (κ1) is 15.2. The molecule has 2 aromatic heterocycles. The van der Waals surface area contributed by atoms with Crippen LogP contribution in [0.1, 0.15) is 36.8 Å². The van der Waals surface area contributed by atoms with Crippen LogP contribution in [0.5, 0.6) is 10.9 Å². The molecular formula is C15H14BrN3O2S. The number of aldehydes is 1. The summed E-state index contributed by atoms with van der Waals surface area (Å²) in [5.41, 5.74) is 1.51.